The zero-order valence-corrected chi connectivity index (χ0v) is 16.0. The Kier molecular flexibility index (Phi) is 5.20. The van der Waals surface area contributed by atoms with Gasteiger partial charge in [0, 0.05) is 18.5 Å². The molecule has 2 aliphatic rings. The number of carbonyl (C=O) groups is 3. The molecule has 0 unspecified atom stereocenters. The van der Waals surface area contributed by atoms with E-state index < -0.39 is 18.2 Å². The van der Waals surface area contributed by atoms with E-state index in [-0.39, 0.29) is 24.4 Å². The minimum atomic E-state index is -1.07. The third-order valence-electron chi connectivity index (χ3n) is 4.91. The minimum absolute atomic E-state index is 0.0247. The van der Waals surface area contributed by atoms with Crippen molar-refractivity contribution in [3.8, 4) is 5.75 Å². The number of nitrogens with one attached hydrogen (secondary N) is 1. The van der Waals surface area contributed by atoms with E-state index in [4.69, 9.17) is 9.47 Å². The molecule has 4 rings (SSSR count). The molecule has 1 fully saturated rings. The Bertz CT molecular complexity index is 926. The summed E-state index contributed by atoms with van der Waals surface area (Å²) in [5.41, 5.74) is 1.19. The van der Waals surface area contributed by atoms with Gasteiger partial charge in [-0.25, -0.2) is 4.79 Å². The van der Waals surface area contributed by atoms with Gasteiger partial charge in [-0.15, -0.1) is 0 Å². The molecular weight excluding hydrogens is 372 g/mol. The lowest BCUT2D eigenvalue weighted by atomic mass is 10.1. The zero-order valence-electron chi connectivity index (χ0n) is 16.0. The Morgan fingerprint density at radius 2 is 1.76 bits per heavy atom. The fourth-order valence-electron chi connectivity index (χ4n) is 3.25. The lowest BCUT2D eigenvalue weighted by Gasteiger charge is -2.33. The number of anilines is 1. The van der Waals surface area contributed by atoms with E-state index in [2.05, 4.69) is 5.32 Å². The second-order valence-electron chi connectivity index (χ2n) is 7.21. The summed E-state index contributed by atoms with van der Waals surface area (Å²) in [7, 11) is 0. The Morgan fingerprint density at radius 1 is 1.07 bits per heavy atom. The van der Waals surface area contributed by atoms with Crippen molar-refractivity contribution in [2.75, 3.05) is 11.4 Å². The lowest BCUT2D eigenvalue weighted by molar-refractivity contribution is -0.163. The zero-order chi connectivity index (χ0) is 20.4. The number of amides is 2. The van der Waals surface area contributed by atoms with Gasteiger partial charge in [0.25, 0.3) is 5.91 Å². The van der Waals surface area contributed by atoms with Crippen LogP contribution in [-0.2, 0) is 19.1 Å². The van der Waals surface area contributed by atoms with Gasteiger partial charge in [-0.2, -0.15) is 0 Å². The molecule has 1 N–H and O–H groups in total. The normalized spacial score (nSPS) is 18.8. The van der Waals surface area contributed by atoms with Gasteiger partial charge in [0.15, 0.2) is 0 Å². The monoisotopic (exact) mass is 394 g/mol. The van der Waals surface area contributed by atoms with Crippen LogP contribution in [0.2, 0.25) is 0 Å². The first-order valence-corrected chi connectivity index (χ1v) is 9.62. The number of para-hydroxylation sites is 2. The van der Waals surface area contributed by atoms with Gasteiger partial charge in [0.2, 0.25) is 18.1 Å². The molecule has 2 aromatic carbocycles. The van der Waals surface area contributed by atoms with Crippen molar-refractivity contribution in [3.05, 3.63) is 60.2 Å². The maximum Gasteiger partial charge on any atom is 0.350 e. The van der Waals surface area contributed by atoms with Gasteiger partial charge >= 0.3 is 5.97 Å². The predicted octanol–water partition coefficient (Wildman–Crippen LogP) is 2.36. The van der Waals surface area contributed by atoms with Gasteiger partial charge in [-0.1, -0.05) is 42.5 Å². The van der Waals surface area contributed by atoms with E-state index in [1.807, 2.05) is 6.07 Å². The van der Waals surface area contributed by atoms with Gasteiger partial charge in [0.05, 0.1) is 12.2 Å². The molecule has 1 aliphatic heterocycles. The number of ether oxygens (including phenoxy) is 2. The van der Waals surface area contributed by atoms with Crippen LogP contribution in [0.3, 0.4) is 0 Å². The fraction of sp³-hybridized carbons (Fsp3) is 0.318. The van der Waals surface area contributed by atoms with E-state index in [9.17, 15) is 14.4 Å². The van der Waals surface area contributed by atoms with E-state index in [0.717, 1.165) is 12.8 Å². The number of fused-ring (bicyclic) bond motifs is 1. The second kappa shape index (κ2) is 7.95. The van der Waals surface area contributed by atoms with Crippen LogP contribution in [0.25, 0.3) is 0 Å². The topological polar surface area (TPSA) is 84.9 Å². The summed E-state index contributed by atoms with van der Waals surface area (Å²) in [5, 5.41) is 2.88. The standard InChI is InChI=1S/C22H22N2O5/c1-14(25)24-13-19(28-18-10-6-5-9-17(18)24)22(27)29-20(15-7-3-2-4-8-15)21(26)23-16-11-12-16/h2-10,16,19-20H,11-13H2,1H3,(H,23,26)/t19-,20-/m1/s1. The van der Waals surface area contributed by atoms with Gasteiger partial charge < -0.3 is 19.7 Å². The van der Waals surface area contributed by atoms with E-state index in [1.54, 1.807) is 48.5 Å². The van der Waals surface area contributed by atoms with Crippen molar-refractivity contribution in [3.63, 3.8) is 0 Å². The Labute approximate surface area is 168 Å². The first-order chi connectivity index (χ1) is 14.0. The van der Waals surface area contributed by atoms with E-state index >= 15 is 0 Å². The second-order valence-corrected chi connectivity index (χ2v) is 7.21. The van der Waals surface area contributed by atoms with Crippen LogP contribution in [0.15, 0.2) is 54.6 Å². The highest BCUT2D eigenvalue weighted by Gasteiger charge is 2.37. The molecule has 0 aromatic heterocycles. The smallest absolute Gasteiger partial charge is 0.350 e. The first-order valence-electron chi connectivity index (χ1n) is 9.62. The molecule has 2 atom stereocenters. The van der Waals surface area contributed by atoms with Crippen LogP contribution in [0.5, 0.6) is 5.75 Å². The summed E-state index contributed by atoms with van der Waals surface area (Å²) in [5.74, 6) is -0.823. The predicted molar refractivity (Wildman–Crippen MR) is 105 cm³/mol. The molecule has 7 nitrogen and oxygen atoms in total. The summed E-state index contributed by atoms with van der Waals surface area (Å²) >= 11 is 0. The number of hydrogen-bond acceptors (Lipinski definition) is 5. The fourth-order valence-corrected chi connectivity index (χ4v) is 3.25. The van der Waals surface area contributed by atoms with Crippen molar-refractivity contribution >= 4 is 23.5 Å². The summed E-state index contributed by atoms with van der Waals surface area (Å²) in [4.78, 5) is 39.1. The van der Waals surface area contributed by atoms with Crippen LogP contribution >= 0.6 is 0 Å². The number of rotatable bonds is 5. The molecule has 1 aliphatic carbocycles. The Hall–Kier alpha value is -3.35. The first kappa shape index (κ1) is 19.0. The number of carbonyl (C=O) groups excluding carboxylic acids is 3. The van der Waals surface area contributed by atoms with Crippen molar-refractivity contribution < 1.29 is 23.9 Å². The van der Waals surface area contributed by atoms with Crippen LogP contribution < -0.4 is 15.0 Å². The number of esters is 1. The molecule has 1 saturated carbocycles. The molecule has 2 amide bonds. The molecule has 0 radical (unpaired) electrons. The maximum absolute atomic E-state index is 12.9. The summed E-state index contributed by atoms with van der Waals surface area (Å²) in [6.45, 7) is 1.46. The average molecular weight is 394 g/mol. The average Bonchev–Trinajstić information content (AvgIpc) is 3.55. The highest BCUT2D eigenvalue weighted by atomic mass is 16.6. The molecular formula is C22H22N2O5. The molecule has 2 aromatic rings. The van der Waals surface area contributed by atoms with Crippen molar-refractivity contribution in [1.29, 1.82) is 0 Å². The quantitative estimate of drug-likeness (QED) is 0.787. The maximum atomic E-state index is 12.9. The summed E-state index contributed by atoms with van der Waals surface area (Å²) in [6, 6.07) is 16.0. The third kappa shape index (κ3) is 4.23. The molecule has 0 spiro atoms. The lowest BCUT2D eigenvalue weighted by Crippen LogP contribution is -2.48. The Morgan fingerprint density at radius 3 is 2.45 bits per heavy atom. The van der Waals surface area contributed by atoms with Crippen LogP contribution in [0.4, 0.5) is 5.69 Å². The van der Waals surface area contributed by atoms with Gasteiger partial charge in [-0.3, -0.25) is 9.59 Å². The third-order valence-corrected chi connectivity index (χ3v) is 4.91. The largest absolute Gasteiger partial charge is 0.475 e. The molecule has 0 saturated heterocycles. The van der Waals surface area contributed by atoms with E-state index in [0.29, 0.717) is 17.0 Å². The summed E-state index contributed by atoms with van der Waals surface area (Å²) in [6.07, 6.45) is -0.237. The minimum Gasteiger partial charge on any atom is -0.475 e. The van der Waals surface area contributed by atoms with Crippen LogP contribution in [0.1, 0.15) is 31.4 Å². The summed E-state index contributed by atoms with van der Waals surface area (Å²) < 4.78 is 11.4. The number of nitrogens with zero attached hydrogens (tertiary/aromatic N) is 1. The molecule has 7 heteroatoms. The number of hydrogen-bond donors (Lipinski definition) is 1. The SMILES string of the molecule is CC(=O)N1C[C@H](C(=O)O[C@@H](C(=O)NC2CC2)c2ccccc2)Oc2ccccc21. The number of benzene rings is 2. The van der Waals surface area contributed by atoms with Crippen molar-refractivity contribution in [2.24, 2.45) is 0 Å². The highest BCUT2D eigenvalue weighted by Crippen LogP contribution is 2.34. The van der Waals surface area contributed by atoms with Crippen molar-refractivity contribution in [1.82, 2.24) is 5.32 Å². The van der Waals surface area contributed by atoms with E-state index in [1.165, 1.54) is 11.8 Å². The van der Waals surface area contributed by atoms with Crippen LogP contribution in [-0.4, -0.2) is 36.5 Å². The Balaban J connectivity index is 1.54. The molecule has 29 heavy (non-hydrogen) atoms. The van der Waals surface area contributed by atoms with Gasteiger partial charge in [-0.05, 0) is 25.0 Å². The highest BCUT2D eigenvalue weighted by molar-refractivity contribution is 5.95. The van der Waals surface area contributed by atoms with Crippen LogP contribution in [0, 0.1) is 0 Å². The van der Waals surface area contributed by atoms with Crippen molar-refractivity contribution in [2.45, 2.75) is 38.0 Å². The molecule has 0 bridgehead atoms. The molecule has 150 valence electrons. The molecule has 1 heterocycles. The van der Waals surface area contributed by atoms with Gasteiger partial charge in [0.1, 0.15) is 5.75 Å².